The number of hydrogen-bond acceptors (Lipinski definition) is 10. The predicted octanol–water partition coefficient (Wildman–Crippen LogP) is 5.42. The second-order valence-electron chi connectivity index (χ2n) is 14.4. The van der Waals surface area contributed by atoms with Crippen LogP contribution in [0.3, 0.4) is 0 Å². The summed E-state index contributed by atoms with van der Waals surface area (Å²) in [5, 5.41) is 14.9. The highest BCUT2D eigenvalue weighted by molar-refractivity contribution is 7.92. The van der Waals surface area contributed by atoms with Crippen LogP contribution in [-0.4, -0.2) is 76.2 Å². The molecular formula is C42H41N11O6S2. The molecule has 0 atom stereocenters. The van der Waals surface area contributed by atoms with Crippen molar-refractivity contribution in [3.63, 3.8) is 0 Å². The van der Waals surface area contributed by atoms with E-state index in [1.54, 1.807) is 108 Å². The molecule has 0 saturated carbocycles. The number of carbonyl (C=O) groups excluding carboxylic acids is 2. The molecule has 312 valence electrons. The minimum absolute atomic E-state index is 0.125. The first-order valence-electron chi connectivity index (χ1n) is 19.3. The molecule has 2 amide bonds. The Bertz CT molecular complexity index is 3050. The molecule has 3 aromatic carbocycles. The van der Waals surface area contributed by atoms with Crippen molar-refractivity contribution in [2.45, 2.75) is 42.1 Å². The van der Waals surface area contributed by atoms with Gasteiger partial charge in [0.05, 0.1) is 32.7 Å². The van der Waals surface area contributed by atoms with Crippen LogP contribution in [0, 0.1) is 0 Å². The van der Waals surface area contributed by atoms with E-state index in [1.165, 1.54) is 12.1 Å². The topological polar surface area (TPSA) is 254 Å². The van der Waals surface area contributed by atoms with Crippen LogP contribution in [0.4, 0.5) is 11.5 Å². The van der Waals surface area contributed by atoms with Gasteiger partial charge in [-0.2, -0.15) is 9.40 Å². The minimum Gasteiger partial charge on any atom is -0.384 e. The van der Waals surface area contributed by atoms with Crippen molar-refractivity contribution in [1.82, 2.24) is 45.1 Å². The van der Waals surface area contributed by atoms with Crippen molar-refractivity contribution in [2.24, 2.45) is 0 Å². The van der Waals surface area contributed by atoms with Gasteiger partial charge in [-0.1, -0.05) is 30.7 Å². The van der Waals surface area contributed by atoms with E-state index in [0.29, 0.717) is 42.5 Å². The van der Waals surface area contributed by atoms with Gasteiger partial charge in [-0.15, -0.1) is 0 Å². The first-order valence-corrected chi connectivity index (χ1v) is 22.2. The van der Waals surface area contributed by atoms with Gasteiger partial charge in [0, 0.05) is 72.5 Å². The normalized spacial score (nSPS) is 13.4. The van der Waals surface area contributed by atoms with E-state index in [9.17, 15) is 26.4 Å². The number of piperidine rings is 1. The van der Waals surface area contributed by atoms with Gasteiger partial charge in [0.25, 0.3) is 21.8 Å². The van der Waals surface area contributed by atoms with Crippen LogP contribution in [0.1, 0.15) is 51.4 Å². The Morgan fingerprint density at radius 1 is 0.656 bits per heavy atom. The van der Waals surface area contributed by atoms with Crippen LogP contribution in [-0.2, 0) is 33.1 Å². The van der Waals surface area contributed by atoms with E-state index in [1.807, 2.05) is 0 Å². The summed E-state index contributed by atoms with van der Waals surface area (Å²) in [7, 11) is -7.20. The second kappa shape index (κ2) is 17.3. The molecule has 0 bridgehead atoms. The van der Waals surface area contributed by atoms with Crippen molar-refractivity contribution in [1.29, 1.82) is 0 Å². The standard InChI is InChI=1S/C22H18N6O3S.C20H23N5O3S/c29-22(21-9-16-12-23-8-7-19(16)26-21)24-11-14-1-5-18(6-2-14)32(30,31)28-17-4-3-15-13-25-27-20(15)10-17;21-19-11-17-15(13-22-19)10-18(24-17)20(26)23-12-14-4-6-16(7-5-14)29(27,28)25-8-2-1-3-9-25/h1-10,12-13,26,28H,11H2,(H,24,29)(H,25,27);4-7,10-11,13,24H,1-3,8-9,12H2,(H2,21,22)(H,23,26). The third-order valence-electron chi connectivity index (χ3n) is 10.1. The largest absolute Gasteiger partial charge is 0.384 e. The molecule has 9 rings (SSSR count). The highest BCUT2D eigenvalue weighted by Gasteiger charge is 2.26. The number of amides is 2. The Morgan fingerprint density at radius 2 is 1.28 bits per heavy atom. The Kier molecular flexibility index (Phi) is 11.5. The molecule has 1 aliphatic heterocycles. The lowest BCUT2D eigenvalue weighted by Crippen LogP contribution is -2.35. The average molecular weight is 860 g/mol. The van der Waals surface area contributed by atoms with Crippen molar-refractivity contribution < 1.29 is 26.4 Å². The van der Waals surface area contributed by atoms with E-state index in [0.717, 1.165) is 63.1 Å². The molecule has 0 aliphatic carbocycles. The number of aromatic amines is 3. The number of anilines is 2. The molecule has 8 N–H and O–H groups in total. The third kappa shape index (κ3) is 9.38. The molecule has 1 saturated heterocycles. The summed E-state index contributed by atoms with van der Waals surface area (Å²) in [6.45, 7) is 1.70. The van der Waals surface area contributed by atoms with E-state index in [4.69, 9.17) is 5.73 Å². The summed E-state index contributed by atoms with van der Waals surface area (Å²) in [5.41, 5.74) is 10.8. The van der Waals surface area contributed by atoms with Crippen LogP contribution in [0.5, 0.6) is 0 Å². The molecule has 1 aliphatic rings. The number of benzene rings is 3. The number of nitrogens with two attached hydrogens (primary N) is 1. The number of hydrogen-bond donors (Lipinski definition) is 7. The fourth-order valence-corrected chi connectivity index (χ4v) is 9.42. The number of sulfonamides is 2. The van der Waals surface area contributed by atoms with Crippen LogP contribution < -0.4 is 21.1 Å². The monoisotopic (exact) mass is 859 g/mol. The van der Waals surface area contributed by atoms with Gasteiger partial charge in [0.1, 0.15) is 17.2 Å². The summed E-state index contributed by atoms with van der Waals surface area (Å²) in [6, 6.07) is 25.1. The third-order valence-corrected chi connectivity index (χ3v) is 13.5. The van der Waals surface area contributed by atoms with Gasteiger partial charge in [0.15, 0.2) is 0 Å². The molecule has 1 fully saturated rings. The van der Waals surface area contributed by atoms with Gasteiger partial charge >= 0.3 is 0 Å². The fraction of sp³-hybridized carbons (Fsp3) is 0.167. The Hall–Kier alpha value is -7.09. The van der Waals surface area contributed by atoms with E-state index in [2.05, 4.69) is 45.5 Å². The molecule has 8 aromatic rings. The zero-order valence-electron chi connectivity index (χ0n) is 32.6. The highest BCUT2D eigenvalue weighted by atomic mass is 32.2. The lowest BCUT2D eigenvalue weighted by Gasteiger charge is -2.25. The fourth-order valence-electron chi connectivity index (χ4n) is 6.85. The van der Waals surface area contributed by atoms with Crippen molar-refractivity contribution in [3.8, 4) is 0 Å². The lowest BCUT2D eigenvalue weighted by atomic mass is 10.2. The molecular weight excluding hydrogens is 819 g/mol. The van der Waals surface area contributed by atoms with Crippen LogP contribution in [0.2, 0.25) is 0 Å². The average Bonchev–Trinajstić information content (AvgIpc) is 4.04. The second-order valence-corrected chi connectivity index (χ2v) is 18.0. The molecule has 61 heavy (non-hydrogen) atoms. The van der Waals surface area contributed by atoms with Gasteiger partial charge in [-0.3, -0.25) is 24.4 Å². The van der Waals surface area contributed by atoms with E-state index in [-0.39, 0.29) is 28.2 Å². The molecule has 6 heterocycles. The van der Waals surface area contributed by atoms with Gasteiger partial charge in [-0.25, -0.2) is 21.8 Å². The zero-order chi connectivity index (χ0) is 42.6. The number of nitrogens with one attached hydrogen (secondary N) is 6. The Morgan fingerprint density at radius 3 is 1.93 bits per heavy atom. The van der Waals surface area contributed by atoms with Crippen LogP contribution in [0.25, 0.3) is 32.7 Å². The summed E-state index contributed by atoms with van der Waals surface area (Å²) < 4.78 is 54.9. The van der Waals surface area contributed by atoms with Crippen LogP contribution >= 0.6 is 0 Å². The molecule has 17 nitrogen and oxygen atoms in total. The number of rotatable bonds is 11. The molecule has 0 spiro atoms. The van der Waals surface area contributed by atoms with Crippen LogP contribution in [0.15, 0.2) is 126 Å². The minimum atomic E-state index is -3.75. The maximum atomic E-state index is 12.7. The summed E-state index contributed by atoms with van der Waals surface area (Å²) in [5.74, 6) is -0.135. The number of H-pyrrole nitrogens is 3. The van der Waals surface area contributed by atoms with Gasteiger partial charge in [0.2, 0.25) is 10.0 Å². The highest BCUT2D eigenvalue weighted by Crippen LogP contribution is 2.23. The van der Waals surface area contributed by atoms with Crippen molar-refractivity contribution in [3.05, 3.63) is 138 Å². The summed E-state index contributed by atoms with van der Waals surface area (Å²) >= 11 is 0. The molecule has 0 radical (unpaired) electrons. The first kappa shape index (κ1) is 40.7. The number of nitrogens with zero attached hydrogens (tertiary/aromatic N) is 4. The maximum absolute atomic E-state index is 12.7. The number of carbonyl (C=O) groups is 2. The maximum Gasteiger partial charge on any atom is 0.267 e. The van der Waals surface area contributed by atoms with E-state index < -0.39 is 20.0 Å². The predicted molar refractivity (Wildman–Crippen MR) is 231 cm³/mol. The van der Waals surface area contributed by atoms with Gasteiger partial charge < -0.3 is 26.3 Å². The van der Waals surface area contributed by atoms with Crippen molar-refractivity contribution >= 4 is 76.1 Å². The van der Waals surface area contributed by atoms with Gasteiger partial charge in [-0.05, 0) is 84.6 Å². The summed E-state index contributed by atoms with van der Waals surface area (Å²) in [4.78, 5) is 39.3. The molecule has 19 heteroatoms. The zero-order valence-corrected chi connectivity index (χ0v) is 34.2. The number of fused-ring (bicyclic) bond motifs is 3. The Labute approximate surface area is 350 Å². The molecule has 5 aromatic heterocycles. The summed E-state index contributed by atoms with van der Waals surface area (Å²) in [6.07, 6.45) is 9.49. The quantitative estimate of drug-likeness (QED) is 0.0870. The van der Waals surface area contributed by atoms with Crippen molar-refractivity contribution in [2.75, 3.05) is 23.5 Å². The smallest absolute Gasteiger partial charge is 0.267 e. The first-order chi connectivity index (χ1) is 29.4. The van der Waals surface area contributed by atoms with E-state index >= 15 is 0 Å². The Balaban J connectivity index is 0.000000169. The number of nitrogen functional groups attached to an aromatic ring is 1. The number of pyridine rings is 2. The number of aromatic nitrogens is 6. The molecule has 0 unspecified atom stereocenters. The lowest BCUT2D eigenvalue weighted by molar-refractivity contribution is 0.0939. The SMILES string of the molecule is Nc1cc2[nH]c(C(=O)NCc3ccc(S(=O)(=O)N4CCCCC4)cc3)cc2cn1.O=C(NCc1ccc(S(=O)(=O)Nc2ccc3cn[nH]c3c2)cc1)c1cc2cnccc2[nH]1.